The first-order chi connectivity index (χ1) is 14.1. The number of anilines is 1. The fraction of sp³-hybridized carbons (Fsp3) is 0.333. The lowest BCUT2D eigenvalue weighted by Gasteiger charge is -2.30. The molecule has 2 aromatic carbocycles. The van der Waals surface area contributed by atoms with Crippen molar-refractivity contribution < 1.29 is 18.3 Å². The van der Waals surface area contributed by atoms with Crippen LogP contribution in [0.1, 0.15) is 23.8 Å². The zero-order valence-corrected chi connectivity index (χ0v) is 16.5. The molecular formula is C21H21F2N3O2S. The number of benzene rings is 2. The van der Waals surface area contributed by atoms with Crippen LogP contribution in [0.15, 0.2) is 48.5 Å². The molecule has 2 heterocycles. The number of para-hydroxylation sites is 1. The molecule has 0 unspecified atom stereocenters. The van der Waals surface area contributed by atoms with Crippen LogP contribution in [-0.2, 0) is 4.79 Å². The van der Waals surface area contributed by atoms with E-state index in [1.54, 1.807) is 23.5 Å². The van der Waals surface area contributed by atoms with Crippen LogP contribution in [0.3, 0.4) is 0 Å². The average molecular weight is 417 g/mol. The van der Waals surface area contributed by atoms with Gasteiger partial charge >= 0.3 is 6.61 Å². The third-order valence-electron chi connectivity index (χ3n) is 4.98. The molecule has 1 amide bonds. The van der Waals surface area contributed by atoms with Crippen LogP contribution < -0.4 is 10.1 Å². The highest BCUT2D eigenvalue weighted by Gasteiger charge is 2.24. The molecule has 0 bridgehead atoms. The Morgan fingerprint density at radius 2 is 1.90 bits per heavy atom. The molecule has 8 heteroatoms. The summed E-state index contributed by atoms with van der Waals surface area (Å²) >= 11 is 1.76. The maximum Gasteiger partial charge on any atom is 0.387 e. The van der Waals surface area contributed by atoms with E-state index in [1.807, 2.05) is 18.2 Å². The Hall–Kier alpha value is -2.58. The van der Waals surface area contributed by atoms with Gasteiger partial charge in [-0.3, -0.25) is 9.69 Å². The van der Waals surface area contributed by atoms with Gasteiger partial charge in [0.1, 0.15) is 5.75 Å². The minimum absolute atomic E-state index is 0.0647. The number of carbonyl (C=O) groups excluding carboxylic acids is 1. The smallest absolute Gasteiger partial charge is 0.387 e. The largest absolute Gasteiger partial charge is 0.435 e. The van der Waals surface area contributed by atoms with Crippen LogP contribution >= 0.6 is 11.3 Å². The lowest BCUT2D eigenvalue weighted by atomic mass is 9.97. The Balaban J connectivity index is 1.26. The molecule has 152 valence electrons. The summed E-state index contributed by atoms with van der Waals surface area (Å²) in [7, 11) is 0. The second-order valence-electron chi connectivity index (χ2n) is 7.02. The number of hydrogen-bond donors (Lipinski definition) is 1. The van der Waals surface area contributed by atoms with Gasteiger partial charge in [0.2, 0.25) is 5.91 Å². The number of ether oxygens (including phenoxy) is 1. The van der Waals surface area contributed by atoms with E-state index in [2.05, 4.69) is 21.0 Å². The zero-order chi connectivity index (χ0) is 20.2. The molecule has 0 saturated carbocycles. The first-order valence-electron chi connectivity index (χ1n) is 9.49. The first-order valence-corrected chi connectivity index (χ1v) is 10.3. The van der Waals surface area contributed by atoms with Crippen molar-refractivity contribution in [2.45, 2.75) is 25.4 Å². The Kier molecular flexibility index (Phi) is 6.01. The lowest BCUT2D eigenvalue weighted by Crippen LogP contribution is -2.38. The predicted molar refractivity (Wildman–Crippen MR) is 110 cm³/mol. The number of hydrogen-bond acceptors (Lipinski definition) is 5. The molecule has 1 fully saturated rings. The van der Waals surface area contributed by atoms with E-state index in [0.29, 0.717) is 18.2 Å². The van der Waals surface area contributed by atoms with E-state index in [-0.39, 0.29) is 11.7 Å². The van der Waals surface area contributed by atoms with Gasteiger partial charge in [-0.05, 0) is 62.3 Å². The highest BCUT2D eigenvalue weighted by Crippen LogP contribution is 2.33. The molecule has 5 nitrogen and oxygen atoms in total. The van der Waals surface area contributed by atoms with Gasteiger partial charge in [0.05, 0.1) is 21.8 Å². The number of nitrogens with one attached hydrogen (secondary N) is 1. The number of piperidine rings is 1. The number of amides is 1. The molecule has 1 aliphatic heterocycles. The van der Waals surface area contributed by atoms with Crippen LogP contribution in [0.5, 0.6) is 5.75 Å². The molecule has 1 aliphatic rings. The minimum atomic E-state index is -2.86. The number of rotatable bonds is 6. The van der Waals surface area contributed by atoms with Gasteiger partial charge < -0.3 is 10.1 Å². The van der Waals surface area contributed by atoms with Crippen molar-refractivity contribution in [2.24, 2.45) is 0 Å². The molecule has 0 aliphatic carbocycles. The highest BCUT2D eigenvalue weighted by atomic mass is 32.1. The molecule has 1 N–H and O–H groups in total. The number of thiazole rings is 1. The van der Waals surface area contributed by atoms with E-state index in [4.69, 9.17) is 4.98 Å². The van der Waals surface area contributed by atoms with Crippen molar-refractivity contribution in [3.05, 3.63) is 53.5 Å². The monoisotopic (exact) mass is 417 g/mol. The Morgan fingerprint density at radius 3 is 2.59 bits per heavy atom. The zero-order valence-electron chi connectivity index (χ0n) is 15.7. The number of fused-ring (bicyclic) bond motifs is 1. The molecule has 0 radical (unpaired) electrons. The maximum atomic E-state index is 12.3. The third-order valence-corrected chi connectivity index (χ3v) is 6.18. The lowest BCUT2D eigenvalue weighted by molar-refractivity contribution is -0.117. The minimum Gasteiger partial charge on any atom is -0.435 e. The van der Waals surface area contributed by atoms with Crippen LogP contribution in [0.25, 0.3) is 10.2 Å². The predicted octanol–water partition coefficient (Wildman–Crippen LogP) is 4.72. The van der Waals surface area contributed by atoms with Gasteiger partial charge in [-0.25, -0.2) is 4.98 Å². The third kappa shape index (κ3) is 5.07. The molecule has 29 heavy (non-hydrogen) atoms. The molecule has 3 aromatic rings. The molecule has 1 saturated heterocycles. The number of carbonyl (C=O) groups is 1. The standard InChI is InChI=1S/C21H21F2N3O2S/c22-21(23)28-16-7-5-15(6-8-16)24-19(27)13-26-11-9-14(10-12-26)20-25-17-3-1-2-4-18(17)29-20/h1-8,14,21H,9-13H2,(H,24,27). The number of alkyl halides is 2. The van der Waals surface area contributed by atoms with Gasteiger partial charge in [-0.1, -0.05) is 12.1 Å². The Morgan fingerprint density at radius 1 is 1.17 bits per heavy atom. The maximum absolute atomic E-state index is 12.3. The SMILES string of the molecule is O=C(CN1CCC(c2nc3ccccc3s2)CC1)Nc1ccc(OC(F)F)cc1. The number of likely N-dealkylation sites (tertiary alicyclic amines) is 1. The van der Waals surface area contributed by atoms with E-state index < -0.39 is 6.61 Å². The quantitative estimate of drug-likeness (QED) is 0.631. The van der Waals surface area contributed by atoms with E-state index in [0.717, 1.165) is 31.4 Å². The topological polar surface area (TPSA) is 54.5 Å². The molecule has 0 spiro atoms. The average Bonchev–Trinajstić information content (AvgIpc) is 3.14. The first kappa shape index (κ1) is 19.7. The van der Waals surface area contributed by atoms with Crippen molar-refractivity contribution in [3.8, 4) is 5.75 Å². The van der Waals surface area contributed by atoms with Crippen LogP contribution in [0.2, 0.25) is 0 Å². The summed E-state index contributed by atoms with van der Waals surface area (Å²) in [6.07, 6.45) is 1.96. The second kappa shape index (κ2) is 8.84. The van der Waals surface area contributed by atoms with Crippen molar-refractivity contribution >= 4 is 33.1 Å². The van der Waals surface area contributed by atoms with E-state index >= 15 is 0 Å². The number of nitrogens with zero attached hydrogens (tertiary/aromatic N) is 2. The normalized spacial score (nSPS) is 15.7. The van der Waals surface area contributed by atoms with Gasteiger partial charge in [0.25, 0.3) is 0 Å². The summed E-state index contributed by atoms with van der Waals surface area (Å²) in [6.45, 7) is -0.868. The Labute approximate surface area is 171 Å². The molecule has 4 rings (SSSR count). The van der Waals surface area contributed by atoms with Crippen molar-refractivity contribution in [1.82, 2.24) is 9.88 Å². The molecular weight excluding hydrogens is 396 g/mol. The summed E-state index contributed by atoms with van der Waals surface area (Å²) in [5.41, 5.74) is 1.61. The summed E-state index contributed by atoms with van der Waals surface area (Å²) in [6, 6.07) is 14.1. The second-order valence-corrected chi connectivity index (χ2v) is 8.08. The van der Waals surface area contributed by atoms with E-state index in [9.17, 15) is 13.6 Å². The van der Waals surface area contributed by atoms with Gasteiger partial charge in [-0.2, -0.15) is 8.78 Å². The van der Waals surface area contributed by atoms with Crippen molar-refractivity contribution in [2.75, 3.05) is 25.0 Å². The van der Waals surface area contributed by atoms with Crippen LogP contribution in [0, 0.1) is 0 Å². The summed E-state index contributed by atoms with van der Waals surface area (Å²) < 4.78 is 29.9. The summed E-state index contributed by atoms with van der Waals surface area (Å²) in [5.74, 6) is 0.384. The number of aromatic nitrogens is 1. The molecule has 0 atom stereocenters. The van der Waals surface area contributed by atoms with Gasteiger partial charge in [0.15, 0.2) is 0 Å². The van der Waals surface area contributed by atoms with Crippen molar-refractivity contribution in [3.63, 3.8) is 0 Å². The van der Waals surface area contributed by atoms with Crippen LogP contribution in [-0.4, -0.2) is 42.0 Å². The van der Waals surface area contributed by atoms with Crippen molar-refractivity contribution in [1.29, 1.82) is 0 Å². The fourth-order valence-corrected chi connectivity index (χ4v) is 4.66. The number of halogens is 2. The highest BCUT2D eigenvalue weighted by molar-refractivity contribution is 7.18. The Bertz CT molecular complexity index is 936. The van der Waals surface area contributed by atoms with Gasteiger partial charge in [-0.15, -0.1) is 11.3 Å². The van der Waals surface area contributed by atoms with E-state index in [1.165, 1.54) is 21.8 Å². The molecule has 1 aromatic heterocycles. The fourth-order valence-electron chi connectivity index (χ4n) is 3.53. The van der Waals surface area contributed by atoms with Gasteiger partial charge in [0, 0.05) is 11.6 Å². The summed E-state index contributed by atoms with van der Waals surface area (Å²) in [4.78, 5) is 19.2. The summed E-state index contributed by atoms with van der Waals surface area (Å²) in [5, 5.41) is 3.98. The van der Waals surface area contributed by atoms with Crippen LogP contribution in [0.4, 0.5) is 14.5 Å².